The summed E-state index contributed by atoms with van der Waals surface area (Å²) in [6.45, 7) is 0. The Morgan fingerprint density at radius 2 is 2.05 bits per heavy atom. The van der Waals surface area contributed by atoms with Crippen molar-refractivity contribution in [3.63, 3.8) is 0 Å². The number of nitrogens with zero attached hydrogens (tertiary/aromatic N) is 2. The molecule has 3 rings (SSSR count). The molecule has 21 heavy (non-hydrogen) atoms. The molecule has 0 saturated heterocycles. The van der Waals surface area contributed by atoms with Crippen LogP contribution in [0.3, 0.4) is 0 Å². The van der Waals surface area contributed by atoms with Gasteiger partial charge in [0.25, 0.3) is 5.91 Å². The van der Waals surface area contributed by atoms with Crippen molar-refractivity contribution in [3.05, 3.63) is 66.4 Å². The lowest BCUT2D eigenvalue weighted by atomic mass is 10.1. The van der Waals surface area contributed by atoms with Crippen LogP contribution in [0, 0.1) is 5.82 Å². The van der Waals surface area contributed by atoms with Crippen LogP contribution in [0.5, 0.6) is 0 Å². The van der Waals surface area contributed by atoms with Gasteiger partial charge in [-0.1, -0.05) is 17.3 Å². The number of carbonyl (C=O) groups is 1. The third-order valence-electron chi connectivity index (χ3n) is 2.80. The number of hydrogen-bond acceptors (Lipinski definition) is 4. The Kier molecular flexibility index (Phi) is 3.42. The van der Waals surface area contributed by atoms with E-state index in [0.717, 1.165) is 0 Å². The van der Waals surface area contributed by atoms with Gasteiger partial charge < -0.3 is 9.84 Å². The first kappa shape index (κ1) is 13.0. The van der Waals surface area contributed by atoms with E-state index in [0.29, 0.717) is 5.69 Å². The maximum absolute atomic E-state index is 13.6. The van der Waals surface area contributed by atoms with Gasteiger partial charge in [0, 0.05) is 17.8 Å². The number of anilines is 1. The molecule has 1 amide bonds. The topological polar surface area (TPSA) is 68.0 Å². The van der Waals surface area contributed by atoms with E-state index >= 15 is 0 Å². The summed E-state index contributed by atoms with van der Waals surface area (Å²) in [6.07, 6.45) is 3.10. The highest BCUT2D eigenvalue weighted by atomic mass is 19.1. The number of pyridine rings is 1. The van der Waals surface area contributed by atoms with E-state index in [9.17, 15) is 9.18 Å². The van der Waals surface area contributed by atoms with Gasteiger partial charge >= 0.3 is 0 Å². The van der Waals surface area contributed by atoms with E-state index in [1.165, 1.54) is 18.3 Å². The van der Waals surface area contributed by atoms with Crippen molar-refractivity contribution in [2.75, 3.05) is 5.32 Å². The first-order valence-electron chi connectivity index (χ1n) is 6.17. The van der Waals surface area contributed by atoms with Crippen LogP contribution in [0.1, 0.15) is 10.6 Å². The predicted octanol–water partition coefficient (Wildman–Crippen LogP) is 3.13. The summed E-state index contributed by atoms with van der Waals surface area (Å²) in [7, 11) is 0. The summed E-state index contributed by atoms with van der Waals surface area (Å²) < 4.78 is 18.6. The van der Waals surface area contributed by atoms with E-state index in [-0.39, 0.29) is 17.0 Å². The average Bonchev–Trinajstić information content (AvgIpc) is 2.98. The minimum absolute atomic E-state index is 0.00268. The molecular weight excluding hydrogens is 273 g/mol. The number of halogens is 1. The van der Waals surface area contributed by atoms with Crippen LogP contribution in [0.2, 0.25) is 0 Å². The second-order valence-corrected chi connectivity index (χ2v) is 4.25. The first-order valence-corrected chi connectivity index (χ1v) is 6.17. The third-order valence-corrected chi connectivity index (χ3v) is 2.80. The lowest BCUT2D eigenvalue weighted by Gasteiger charge is -2.00. The Labute approximate surface area is 119 Å². The van der Waals surface area contributed by atoms with E-state index in [1.54, 1.807) is 36.5 Å². The van der Waals surface area contributed by atoms with Crippen molar-refractivity contribution in [3.8, 4) is 11.3 Å². The van der Waals surface area contributed by atoms with Crippen molar-refractivity contribution >= 4 is 11.6 Å². The van der Waals surface area contributed by atoms with Gasteiger partial charge in [0.2, 0.25) is 5.76 Å². The number of rotatable bonds is 3. The summed E-state index contributed by atoms with van der Waals surface area (Å²) in [5.41, 5.74) is 1.08. The summed E-state index contributed by atoms with van der Waals surface area (Å²) in [6, 6.07) is 10.9. The van der Waals surface area contributed by atoms with Crippen LogP contribution in [0.15, 0.2) is 59.4 Å². The van der Waals surface area contributed by atoms with Crippen LogP contribution in [-0.4, -0.2) is 16.0 Å². The number of amides is 1. The molecule has 5 nitrogen and oxygen atoms in total. The van der Waals surface area contributed by atoms with Gasteiger partial charge in [-0.3, -0.25) is 9.78 Å². The second-order valence-electron chi connectivity index (χ2n) is 4.25. The summed E-state index contributed by atoms with van der Waals surface area (Å²) in [5.74, 6) is -0.903. The fraction of sp³-hybridized carbons (Fsp3) is 0. The van der Waals surface area contributed by atoms with Gasteiger partial charge in [0.15, 0.2) is 0 Å². The normalized spacial score (nSPS) is 10.3. The lowest BCUT2D eigenvalue weighted by molar-refractivity contribution is 0.0988. The highest BCUT2D eigenvalue weighted by Crippen LogP contribution is 2.22. The van der Waals surface area contributed by atoms with Crippen molar-refractivity contribution < 1.29 is 13.7 Å². The van der Waals surface area contributed by atoms with E-state index < -0.39 is 11.7 Å². The maximum atomic E-state index is 13.6. The zero-order chi connectivity index (χ0) is 14.7. The van der Waals surface area contributed by atoms with Crippen molar-refractivity contribution in [2.45, 2.75) is 0 Å². The van der Waals surface area contributed by atoms with Crippen molar-refractivity contribution in [1.82, 2.24) is 10.1 Å². The predicted molar refractivity (Wildman–Crippen MR) is 74.1 cm³/mol. The fourth-order valence-electron chi connectivity index (χ4n) is 1.81. The van der Waals surface area contributed by atoms with E-state index in [4.69, 9.17) is 4.52 Å². The molecule has 2 aromatic heterocycles. The molecule has 0 atom stereocenters. The quantitative estimate of drug-likeness (QED) is 0.801. The second kappa shape index (κ2) is 5.54. The third kappa shape index (κ3) is 2.79. The van der Waals surface area contributed by atoms with Crippen LogP contribution in [-0.2, 0) is 0 Å². The van der Waals surface area contributed by atoms with Gasteiger partial charge in [-0.15, -0.1) is 0 Å². The maximum Gasteiger partial charge on any atom is 0.294 e. The lowest BCUT2D eigenvalue weighted by Crippen LogP contribution is -2.10. The molecule has 0 fully saturated rings. The molecule has 0 aliphatic rings. The molecule has 104 valence electrons. The molecule has 2 heterocycles. The number of carbonyl (C=O) groups excluding carboxylic acids is 1. The Morgan fingerprint density at radius 3 is 2.81 bits per heavy atom. The zero-order valence-corrected chi connectivity index (χ0v) is 10.8. The Bertz CT molecular complexity index is 771. The molecule has 3 aromatic rings. The number of hydrogen-bond donors (Lipinski definition) is 1. The minimum atomic E-state index is -0.474. The first-order chi connectivity index (χ1) is 10.2. The number of aromatic nitrogens is 2. The van der Waals surface area contributed by atoms with E-state index in [1.807, 2.05) is 0 Å². The molecule has 0 unspecified atom stereocenters. The molecule has 0 aliphatic carbocycles. The number of benzene rings is 1. The SMILES string of the molecule is O=C(Nc1cccnc1)c1cc(-c2ccccc2F)no1. The van der Waals surface area contributed by atoms with Crippen LogP contribution in [0.25, 0.3) is 11.3 Å². The van der Waals surface area contributed by atoms with Crippen molar-refractivity contribution in [2.24, 2.45) is 0 Å². The van der Waals surface area contributed by atoms with Gasteiger partial charge in [-0.2, -0.15) is 0 Å². The molecule has 0 spiro atoms. The standard InChI is InChI=1S/C15H10FN3O2/c16-12-6-2-1-5-11(12)13-8-14(21-19-13)15(20)18-10-4-3-7-17-9-10/h1-9H,(H,18,20). The molecule has 0 radical (unpaired) electrons. The Morgan fingerprint density at radius 1 is 1.19 bits per heavy atom. The minimum Gasteiger partial charge on any atom is -0.350 e. The monoisotopic (exact) mass is 283 g/mol. The molecule has 0 bridgehead atoms. The summed E-state index contributed by atoms with van der Waals surface area (Å²) in [4.78, 5) is 15.9. The van der Waals surface area contributed by atoms with Crippen LogP contribution < -0.4 is 5.32 Å². The van der Waals surface area contributed by atoms with Gasteiger partial charge in [0.1, 0.15) is 11.5 Å². The Hall–Kier alpha value is -3.02. The summed E-state index contributed by atoms with van der Waals surface area (Å²) >= 11 is 0. The smallest absolute Gasteiger partial charge is 0.294 e. The number of nitrogens with one attached hydrogen (secondary N) is 1. The largest absolute Gasteiger partial charge is 0.350 e. The molecule has 1 N–H and O–H groups in total. The summed E-state index contributed by atoms with van der Waals surface area (Å²) in [5, 5.41) is 6.33. The Balaban J connectivity index is 1.82. The van der Waals surface area contributed by atoms with E-state index in [2.05, 4.69) is 15.5 Å². The molecule has 6 heteroatoms. The average molecular weight is 283 g/mol. The van der Waals surface area contributed by atoms with Gasteiger partial charge in [0.05, 0.1) is 11.9 Å². The molecular formula is C15H10FN3O2. The van der Waals surface area contributed by atoms with Crippen LogP contribution in [0.4, 0.5) is 10.1 Å². The molecule has 0 aliphatic heterocycles. The van der Waals surface area contributed by atoms with Gasteiger partial charge in [-0.25, -0.2) is 4.39 Å². The molecule has 0 saturated carbocycles. The van der Waals surface area contributed by atoms with Crippen molar-refractivity contribution in [1.29, 1.82) is 0 Å². The highest BCUT2D eigenvalue weighted by molar-refractivity contribution is 6.02. The molecule has 1 aromatic carbocycles. The highest BCUT2D eigenvalue weighted by Gasteiger charge is 2.16. The van der Waals surface area contributed by atoms with Gasteiger partial charge in [-0.05, 0) is 24.3 Å². The zero-order valence-electron chi connectivity index (χ0n) is 10.8. The fourth-order valence-corrected chi connectivity index (χ4v) is 1.81. The van der Waals surface area contributed by atoms with Crippen LogP contribution >= 0.6 is 0 Å².